The monoisotopic (exact) mass is 322 g/mol. The molecule has 100 valence electrons. The van der Waals surface area contributed by atoms with Crippen molar-refractivity contribution in [1.29, 1.82) is 0 Å². The Labute approximate surface area is 120 Å². The average molecular weight is 323 g/mol. The second-order valence-electron chi connectivity index (χ2n) is 4.85. The van der Waals surface area contributed by atoms with Crippen LogP contribution in [0.15, 0.2) is 28.9 Å². The lowest BCUT2D eigenvalue weighted by Crippen LogP contribution is -2.19. The maximum absolute atomic E-state index is 10.3. The summed E-state index contributed by atoms with van der Waals surface area (Å²) in [6, 6.07) is 5.72. The highest BCUT2D eigenvalue weighted by atomic mass is 79.9. The topological polar surface area (TPSA) is 47.3 Å². The molecule has 0 spiro atoms. The summed E-state index contributed by atoms with van der Waals surface area (Å²) in [5, 5.41) is 14.5. The van der Waals surface area contributed by atoms with Crippen LogP contribution >= 0.6 is 15.9 Å². The van der Waals surface area contributed by atoms with Crippen LogP contribution in [0.5, 0.6) is 5.75 Å². The number of hydrogen-bond donors (Lipinski definition) is 1. The molecule has 3 rings (SSSR count). The van der Waals surface area contributed by atoms with Gasteiger partial charge in [-0.3, -0.25) is 4.68 Å². The number of nitrogens with zero attached hydrogens (tertiary/aromatic N) is 2. The molecule has 5 heteroatoms. The molecule has 1 aliphatic rings. The van der Waals surface area contributed by atoms with Crippen molar-refractivity contribution < 1.29 is 9.84 Å². The van der Waals surface area contributed by atoms with E-state index in [4.69, 9.17) is 4.74 Å². The number of halogens is 1. The first-order valence-electron chi connectivity index (χ1n) is 6.19. The molecule has 1 N–H and O–H groups in total. The van der Waals surface area contributed by atoms with Gasteiger partial charge in [0.2, 0.25) is 0 Å². The zero-order valence-corrected chi connectivity index (χ0v) is 12.4. The molecule has 0 amide bonds. The molecule has 1 aliphatic heterocycles. The molecular weight excluding hydrogens is 308 g/mol. The minimum absolute atomic E-state index is 0.141. The summed E-state index contributed by atoms with van der Waals surface area (Å²) in [6.07, 6.45) is 1.72. The van der Waals surface area contributed by atoms with E-state index in [1.807, 2.05) is 43.0 Å². The molecule has 2 aromatic rings. The zero-order valence-electron chi connectivity index (χ0n) is 10.8. The van der Waals surface area contributed by atoms with Gasteiger partial charge in [-0.2, -0.15) is 5.10 Å². The second-order valence-corrected chi connectivity index (χ2v) is 5.76. The first-order chi connectivity index (χ1) is 9.06. The van der Waals surface area contributed by atoms with Gasteiger partial charge in [0.15, 0.2) is 0 Å². The van der Waals surface area contributed by atoms with Crippen LogP contribution in [0.1, 0.15) is 35.4 Å². The number of aromatic nitrogens is 2. The van der Waals surface area contributed by atoms with E-state index >= 15 is 0 Å². The quantitative estimate of drug-likeness (QED) is 0.877. The zero-order chi connectivity index (χ0) is 13.6. The average Bonchev–Trinajstić information content (AvgIpc) is 2.71. The van der Waals surface area contributed by atoms with E-state index < -0.39 is 6.10 Å². The maximum Gasteiger partial charge on any atom is 0.130 e. The number of benzene rings is 1. The van der Waals surface area contributed by atoms with Crippen molar-refractivity contribution in [2.45, 2.75) is 25.6 Å². The van der Waals surface area contributed by atoms with Crippen LogP contribution in [0.25, 0.3) is 0 Å². The van der Waals surface area contributed by atoms with Gasteiger partial charge in [-0.15, -0.1) is 0 Å². The summed E-state index contributed by atoms with van der Waals surface area (Å²) in [5.41, 5.74) is 2.94. The third-order valence-corrected chi connectivity index (χ3v) is 4.15. The number of hydrogen-bond acceptors (Lipinski definition) is 3. The summed E-state index contributed by atoms with van der Waals surface area (Å²) in [7, 11) is 1.91. The van der Waals surface area contributed by atoms with Crippen molar-refractivity contribution in [3.8, 4) is 5.75 Å². The lowest BCUT2D eigenvalue weighted by Gasteiger charge is -2.29. The van der Waals surface area contributed by atoms with E-state index in [9.17, 15) is 5.11 Å². The van der Waals surface area contributed by atoms with Crippen LogP contribution in [0, 0.1) is 6.92 Å². The Morgan fingerprint density at radius 2 is 2.21 bits per heavy atom. The lowest BCUT2D eigenvalue weighted by atomic mass is 9.95. The first kappa shape index (κ1) is 12.7. The molecule has 1 aromatic heterocycles. The number of aliphatic hydroxyl groups excluding tert-OH is 1. The molecule has 1 aromatic carbocycles. The summed E-state index contributed by atoms with van der Waals surface area (Å²) >= 11 is 3.41. The number of ether oxygens (including phenoxy) is 1. The fraction of sp³-hybridized carbons (Fsp3) is 0.357. The van der Waals surface area contributed by atoms with Crippen molar-refractivity contribution in [3.05, 3.63) is 45.7 Å². The molecule has 0 saturated carbocycles. The van der Waals surface area contributed by atoms with Crippen molar-refractivity contribution in [3.63, 3.8) is 0 Å². The molecular formula is C14H15BrN2O2. The smallest absolute Gasteiger partial charge is 0.130 e. The molecule has 0 bridgehead atoms. The summed E-state index contributed by atoms with van der Waals surface area (Å²) in [6.45, 7) is 2.01. The predicted octanol–water partition coefficient (Wildman–Crippen LogP) is 3.05. The Morgan fingerprint density at radius 1 is 1.42 bits per heavy atom. The highest BCUT2D eigenvalue weighted by Gasteiger charge is 2.30. The van der Waals surface area contributed by atoms with E-state index in [0.29, 0.717) is 6.42 Å². The van der Waals surface area contributed by atoms with Crippen molar-refractivity contribution in [2.75, 3.05) is 0 Å². The lowest BCUT2D eigenvalue weighted by molar-refractivity contribution is 0.0653. The highest BCUT2D eigenvalue weighted by Crippen LogP contribution is 2.42. The van der Waals surface area contributed by atoms with E-state index in [1.54, 1.807) is 0 Å². The Hall–Kier alpha value is -1.33. The van der Waals surface area contributed by atoms with Crippen LogP contribution in [0.4, 0.5) is 0 Å². The fourth-order valence-corrected chi connectivity index (χ4v) is 2.82. The van der Waals surface area contributed by atoms with Gasteiger partial charge in [0.25, 0.3) is 0 Å². The molecule has 0 fully saturated rings. The number of aryl methyl sites for hydroxylation is 1. The van der Waals surface area contributed by atoms with E-state index in [2.05, 4.69) is 21.0 Å². The van der Waals surface area contributed by atoms with Gasteiger partial charge in [0.1, 0.15) is 11.9 Å². The van der Waals surface area contributed by atoms with E-state index in [-0.39, 0.29) is 6.10 Å². The molecule has 19 heavy (non-hydrogen) atoms. The first-order valence-corrected chi connectivity index (χ1v) is 6.98. The molecule has 4 nitrogen and oxygen atoms in total. The Bertz CT molecular complexity index is 624. The van der Waals surface area contributed by atoms with Crippen LogP contribution in [-0.4, -0.2) is 14.9 Å². The van der Waals surface area contributed by atoms with Gasteiger partial charge in [0.05, 0.1) is 12.3 Å². The highest BCUT2D eigenvalue weighted by molar-refractivity contribution is 9.10. The molecule has 2 unspecified atom stereocenters. The van der Waals surface area contributed by atoms with Gasteiger partial charge in [0, 0.05) is 34.8 Å². The molecule has 0 radical (unpaired) electrons. The van der Waals surface area contributed by atoms with Crippen molar-refractivity contribution >= 4 is 15.9 Å². The Balaban J connectivity index is 1.97. The number of fused-ring (bicyclic) bond motifs is 1. The standard InChI is InChI=1S/C14H15BrN2O2/c1-8-11(7-16-17(8)2)14-6-12(18)10-5-9(15)3-4-13(10)19-14/h3-5,7,12,14,18H,6H2,1-2H3. The maximum atomic E-state index is 10.3. The van der Waals surface area contributed by atoms with Crippen molar-refractivity contribution in [1.82, 2.24) is 9.78 Å². The van der Waals surface area contributed by atoms with Gasteiger partial charge in [-0.25, -0.2) is 0 Å². The van der Waals surface area contributed by atoms with Gasteiger partial charge in [-0.1, -0.05) is 15.9 Å². The summed E-state index contributed by atoms with van der Waals surface area (Å²) < 4.78 is 8.77. The van der Waals surface area contributed by atoms with Gasteiger partial charge < -0.3 is 9.84 Å². The van der Waals surface area contributed by atoms with Crippen LogP contribution in [0.3, 0.4) is 0 Å². The van der Waals surface area contributed by atoms with Crippen LogP contribution in [-0.2, 0) is 7.05 Å². The Morgan fingerprint density at radius 3 is 2.89 bits per heavy atom. The predicted molar refractivity (Wildman–Crippen MR) is 75.0 cm³/mol. The summed E-state index contributed by atoms with van der Waals surface area (Å²) in [5.74, 6) is 0.746. The number of rotatable bonds is 1. The van der Waals surface area contributed by atoms with Gasteiger partial charge in [-0.05, 0) is 25.1 Å². The normalized spacial score (nSPS) is 21.9. The molecule has 0 saturated heterocycles. The van der Waals surface area contributed by atoms with Crippen LogP contribution < -0.4 is 4.74 Å². The largest absolute Gasteiger partial charge is 0.485 e. The summed E-state index contributed by atoms with van der Waals surface area (Å²) in [4.78, 5) is 0. The third kappa shape index (κ3) is 2.17. The molecule has 2 atom stereocenters. The fourth-order valence-electron chi connectivity index (χ4n) is 2.44. The molecule has 0 aliphatic carbocycles. The van der Waals surface area contributed by atoms with Crippen LogP contribution in [0.2, 0.25) is 0 Å². The third-order valence-electron chi connectivity index (χ3n) is 3.66. The number of aliphatic hydroxyl groups is 1. The SMILES string of the molecule is Cc1c(C2CC(O)c3cc(Br)ccc3O2)cnn1C. The second kappa shape index (κ2) is 4.65. The molecule has 2 heterocycles. The minimum atomic E-state index is -0.508. The Kier molecular flexibility index (Phi) is 3.11. The van der Waals surface area contributed by atoms with E-state index in [1.165, 1.54) is 0 Å². The minimum Gasteiger partial charge on any atom is -0.485 e. The van der Waals surface area contributed by atoms with Gasteiger partial charge >= 0.3 is 0 Å². The van der Waals surface area contributed by atoms with Crippen molar-refractivity contribution in [2.24, 2.45) is 7.05 Å². The van der Waals surface area contributed by atoms with E-state index in [0.717, 1.165) is 27.0 Å².